The smallest absolute Gasteiger partial charge is 0.462 e. The van der Waals surface area contributed by atoms with Crippen LogP contribution in [0.1, 0.15) is 452 Å². The van der Waals surface area contributed by atoms with Gasteiger partial charge in [0.25, 0.3) is 0 Å². The van der Waals surface area contributed by atoms with E-state index in [0.29, 0.717) is 25.7 Å². The van der Waals surface area contributed by atoms with Crippen molar-refractivity contribution in [2.24, 2.45) is 11.8 Å². The van der Waals surface area contributed by atoms with Gasteiger partial charge in [-0.05, 0) is 37.5 Å². The number of unbranched alkanes of at least 4 members (excludes halogenated alkanes) is 52. The minimum Gasteiger partial charge on any atom is -0.462 e. The maximum Gasteiger partial charge on any atom is 0.472 e. The van der Waals surface area contributed by atoms with E-state index < -0.39 is 97.5 Å². The van der Waals surface area contributed by atoms with E-state index in [1.54, 1.807) is 0 Å². The van der Waals surface area contributed by atoms with Gasteiger partial charge in [-0.15, -0.1) is 0 Å². The average molecular weight is 1520 g/mol. The molecule has 0 aliphatic heterocycles. The molecule has 104 heavy (non-hydrogen) atoms. The van der Waals surface area contributed by atoms with Crippen molar-refractivity contribution in [3.63, 3.8) is 0 Å². The minimum atomic E-state index is -4.97. The number of hydrogen-bond acceptors (Lipinski definition) is 15. The van der Waals surface area contributed by atoms with E-state index in [1.807, 2.05) is 0 Å². The Morgan fingerprint density at radius 2 is 0.462 bits per heavy atom. The summed E-state index contributed by atoms with van der Waals surface area (Å²) in [6.45, 7) is 9.68. The molecule has 0 heterocycles. The van der Waals surface area contributed by atoms with Gasteiger partial charge in [-0.25, -0.2) is 9.13 Å². The molecule has 0 aromatic rings. The number of esters is 4. The zero-order valence-corrected chi connectivity index (χ0v) is 70.1. The summed E-state index contributed by atoms with van der Waals surface area (Å²) in [6.07, 6.45) is 68.0. The van der Waals surface area contributed by atoms with Crippen LogP contribution in [0, 0.1) is 11.8 Å². The molecule has 3 N–H and O–H groups in total. The van der Waals surface area contributed by atoms with Crippen LogP contribution in [0.2, 0.25) is 0 Å². The molecular formula is C85H166O17P2. The van der Waals surface area contributed by atoms with E-state index >= 15 is 0 Å². The molecule has 4 unspecified atom stereocenters. The Hall–Kier alpha value is -1.94. The maximum absolute atomic E-state index is 13.1. The van der Waals surface area contributed by atoms with E-state index in [1.165, 1.54) is 263 Å². The second kappa shape index (κ2) is 76.4. The van der Waals surface area contributed by atoms with Crippen LogP contribution in [0.4, 0.5) is 0 Å². The second-order valence-corrected chi connectivity index (χ2v) is 34.0. The molecule has 0 saturated heterocycles. The fourth-order valence-corrected chi connectivity index (χ4v) is 14.8. The minimum absolute atomic E-state index is 0.107. The molecular weight excluding hydrogens is 1350 g/mol. The van der Waals surface area contributed by atoms with Crippen LogP contribution in [0.25, 0.3) is 0 Å². The third-order valence-corrected chi connectivity index (χ3v) is 22.6. The van der Waals surface area contributed by atoms with E-state index in [4.69, 9.17) is 37.0 Å². The van der Waals surface area contributed by atoms with Gasteiger partial charge in [-0.1, -0.05) is 401 Å². The number of rotatable bonds is 84. The summed E-state index contributed by atoms with van der Waals surface area (Å²) in [5, 5.41) is 10.7. The first-order valence-electron chi connectivity index (χ1n) is 44.1. The molecule has 0 radical (unpaired) electrons. The molecule has 7 atom stereocenters. The summed E-state index contributed by atoms with van der Waals surface area (Å²) in [5.41, 5.74) is 0. The molecule has 0 saturated carbocycles. The molecule has 0 aromatic carbocycles. The van der Waals surface area contributed by atoms with Crippen LogP contribution in [-0.4, -0.2) is 96.7 Å². The molecule has 0 rings (SSSR count). The Kier molecular flexibility index (Phi) is 75.0. The number of hydrogen-bond donors (Lipinski definition) is 3. The highest BCUT2D eigenvalue weighted by Crippen LogP contribution is 2.45. The summed E-state index contributed by atoms with van der Waals surface area (Å²) in [6, 6.07) is 0. The number of carbonyl (C=O) groups is 4. The molecule has 19 heteroatoms. The fourth-order valence-electron chi connectivity index (χ4n) is 13.2. The quantitative estimate of drug-likeness (QED) is 0.0222. The van der Waals surface area contributed by atoms with Crippen LogP contribution in [0.15, 0.2) is 0 Å². The first-order chi connectivity index (χ1) is 50.4. The number of phosphoric acid groups is 2. The van der Waals surface area contributed by atoms with Gasteiger partial charge in [0, 0.05) is 25.7 Å². The lowest BCUT2D eigenvalue weighted by Crippen LogP contribution is -2.30. The number of phosphoric ester groups is 2. The molecule has 0 amide bonds. The van der Waals surface area contributed by atoms with Gasteiger partial charge in [-0.2, -0.15) is 0 Å². The summed E-state index contributed by atoms with van der Waals surface area (Å²) in [4.78, 5) is 73.2. The predicted molar refractivity (Wildman–Crippen MR) is 428 cm³/mol. The lowest BCUT2D eigenvalue weighted by molar-refractivity contribution is -0.161. The standard InChI is InChI=1S/C85H166O17P2/c1-7-11-13-15-17-19-21-23-25-26-27-28-29-30-32-38-42-46-50-58-64-69-84(89)101-80(73-95-82(87)67-61-55-48-44-40-36-34-33-35-39-43-47-53-59-65-77(5)9-3)75-99-103(91,92)97-71-79(86)72-98-104(93,94)100-76-81(74-96-83(88)68-62-56-52-51-54-60-66-78(6)10-4)102-85(90)70-63-57-49-45-41-37-31-24-22-20-18-16-14-12-8-2/h77-81,86H,7-76H2,1-6H3,(H,91,92)(H,93,94)/t77?,78?,79-,80-,81-/m1/s1. The molecule has 618 valence electrons. The number of ether oxygens (including phenoxy) is 4. The lowest BCUT2D eigenvalue weighted by Gasteiger charge is -2.21. The average Bonchev–Trinajstić information content (AvgIpc) is 0.911. The number of aliphatic hydroxyl groups excluding tert-OH is 1. The van der Waals surface area contributed by atoms with Gasteiger partial charge in [0.2, 0.25) is 0 Å². The van der Waals surface area contributed by atoms with Crippen molar-refractivity contribution in [3.8, 4) is 0 Å². The molecule has 0 aliphatic rings. The first-order valence-corrected chi connectivity index (χ1v) is 47.1. The van der Waals surface area contributed by atoms with Crippen LogP contribution in [0.5, 0.6) is 0 Å². The number of carbonyl (C=O) groups excluding carboxylic acids is 4. The van der Waals surface area contributed by atoms with Crippen LogP contribution in [-0.2, 0) is 65.4 Å². The highest BCUT2D eigenvalue weighted by atomic mass is 31.2. The van der Waals surface area contributed by atoms with E-state index in [2.05, 4.69) is 41.5 Å². The fraction of sp³-hybridized carbons (Fsp3) is 0.953. The molecule has 17 nitrogen and oxygen atoms in total. The summed E-state index contributed by atoms with van der Waals surface area (Å²) >= 11 is 0. The van der Waals surface area contributed by atoms with Crippen molar-refractivity contribution in [2.45, 2.75) is 471 Å². The highest BCUT2D eigenvalue weighted by molar-refractivity contribution is 7.47. The van der Waals surface area contributed by atoms with E-state index in [-0.39, 0.29) is 25.7 Å². The van der Waals surface area contributed by atoms with Gasteiger partial charge in [0.1, 0.15) is 19.3 Å². The first kappa shape index (κ1) is 102. The largest absolute Gasteiger partial charge is 0.472 e. The highest BCUT2D eigenvalue weighted by Gasteiger charge is 2.30. The van der Waals surface area contributed by atoms with E-state index in [0.717, 1.165) is 108 Å². The Labute approximate surface area is 638 Å². The molecule has 0 aromatic heterocycles. The second-order valence-electron chi connectivity index (χ2n) is 31.1. The Bertz CT molecular complexity index is 2000. The van der Waals surface area contributed by atoms with Crippen molar-refractivity contribution in [1.82, 2.24) is 0 Å². The van der Waals surface area contributed by atoms with Gasteiger partial charge >= 0.3 is 39.5 Å². The maximum atomic E-state index is 13.1. The predicted octanol–water partition coefficient (Wildman–Crippen LogP) is 25.8. The van der Waals surface area contributed by atoms with Crippen molar-refractivity contribution in [3.05, 3.63) is 0 Å². The Morgan fingerprint density at radius 1 is 0.269 bits per heavy atom. The van der Waals surface area contributed by atoms with Crippen molar-refractivity contribution >= 4 is 39.5 Å². The molecule has 0 fully saturated rings. The van der Waals surface area contributed by atoms with Crippen LogP contribution >= 0.6 is 15.6 Å². The lowest BCUT2D eigenvalue weighted by atomic mass is 9.99. The third-order valence-electron chi connectivity index (χ3n) is 20.7. The zero-order valence-electron chi connectivity index (χ0n) is 68.3. The third kappa shape index (κ3) is 75.5. The summed E-state index contributed by atoms with van der Waals surface area (Å²) in [5.74, 6) is -0.523. The summed E-state index contributed by atoms with van der Waals surface area (Å²) < 4.78 is 68.9. The Balaban J connectivity index is 5.23. The van der Waals surface area contributed by atoms with E-state index in [9.17, 15) is 43.2 Å². The van der Waals surface area contributed by atoms with Gasteiger partial charge in [-0.3, -0.25) is 37.3 Å². The Morgan fingerprint density at radius 3 is 0.683 bits per heavy atom. The van der Waals surface area contributed by atoms with Gasteiger partial charge in [0.15, 0.2) is 12.2 Å². The van der Waals surface area contributed by atoms with Crippen molar-refractivity contribution in [2.75, 3.05) is 39.6 Å². The SMILES string of the molecule is CCCCCCCCCCCCCCCCCCCCCCCC(=O)O[C@H](COC(=O)CCCCCCCCCCCCCCCCC(C)CC)COP(=O)(O)OC[C@@H](O)COP(=O)(O)OC[C@@H](COC(=O)CCCCCCCCC(C)CC)OC(=O)CCCCCCCCCCCCCCCCC. The monoisotopic (exact) mass is 1520 g/mol. The molecule has 0 aliphatic carbocycles. The van der Waals surface area contributed by atoms with Gasteiger partial charge in [0.05, 0.1) is 26.4 Å². The summed E-state index contributed by atoms with van der Waals surface area (Å²) in [7, 11) is -9.93. The number of aliphatic hydroxyl groups is 1. The van der Waals surface area contributed by atoms with Crippen molar-refractivity contribution < 1.29 is 80.2 Å². The van der Waals surface area contributed by atoms with Crippen molar-refractivity contribution in [1.29, 1.82) is 0 Å². The molecule has 0 bridgehead atoms. The molecule has 0 spiro atoms. The topological polar surface area (TPSA) is 237 Å². The zero-order chi connectivity index (χ0) is 76.4. The van der Waals surface area contributed by atoms with Crippen LogP contribution < -0.4 is 0 Å². The van der Waals surface area contributed by atoms with Crippen LogP contribution in [0.3, 0.4) is 0 Å². The normalized spacial score (nSPS) is 14.4. The van der Waals surface area contributed by atoms with Gasteiger partial charge < -0.3 is 33.8 Å².